The largest absolute Gasteiger partial charge is 0.344 e. The Morgan fingerprint density at radius 1 is 0.333 bits per heavy atom. The second-order valence-electron chi connectivity index (χ2n) is 15.3. The Morgan fingerprint density at radius 3 is 1.20 bits per heavy atom. The first kappa shape index (κ1) is 32.2. The van der Waals surface area contributed by atoms with Crippen LogP contribution < -0.4 is 4.90 Å². The van der Waals surface area contributed by atoms with Crippen molar-refractivity contribution in [3.8, 4) is 44.5 Å². The third-order valence-electron chi connectivity index (χ3n) is 12.2. The highest BCUT2D eigenvalue weighted by molar-refractivity contribution is 5.96. The van der Waals surface area contributed by atoms with E-state index < -0.39 is 0 Å². The fourth-order valence-electron chi connectivity index (χ4n) is 9.73. The number of anilines is 2. The van der Waals surface area contributed by atoms with Gasteiger partial charge in [-0.2, -0.15) is 0 Å². The Morgan fingerprint density at radius 2 is 0.704 bits per heavy atom. The number of hydrogen-bond acceptors (Lipinski definition) is 1. The molecule has 0 saturated carbocycles. The summed E-state index contributed by atoms with van der Waals surface area (Å²) in [5.74, 6) is 0. The summed E-state index contributed by atoms with van der Waals surface area (Å²) in [4.78, 5) is 2.34. The first-order chi connectivity index (χ1) is 26.5. The molecule has 1 nitrogen and oxygen atoms in total. The fourth-order valence-corrected chi connectivity index (χ4v) is 9.73. The minimum atomic E-state index is -0.324. The number of rotatable bonds is 3. The molecule has 8 aromatic rings. The molecule has 8 aromatic carbocycles. The highest BCUT2D eigenvalue weighted by Crippen LogP contribution is 2.63. The Hall–Kier alpha value is -6.44. The molecule has 0 saturated heterocycles. The van der Waals surface area contributed by atoms with Gasteiger partial charge in [-0.15, -0.1) is 0 Å². The first-order valence-corrected chi connectivity index (χ1v) is 19.0. The summed E-state index contributed by atoms with van der Waals surface area (Å²) in [5, 5.41) is 0. The van der Waals surface area contributed by atoms with Crippen LogP contribution in [-0.2, 0) is 10.8 Å². The monoisotopic (exact) mass is 691 g/mol. The van der Waals surface area contributed by atoms with Gasteiger partial charge in [-0.3, -0.25) is 0 Å². The van der Waals surface area contributed by atoms with Gasteiger partial charge in [-0.05, 0) is 90.5 Å². The number of fused-ring (bicyclic) bond motifs is 13. The average Bonchev–Trinajstić information content (AvgIpc) is 3.80. The van der Waals surface area contributed by atoms with Gasteiger partial charge in [0.15, 0.2) is 0 Å². The van der Waals surface area contributed by atoms with Crippen molar-refractivity contribution >= 4 is 11.4 Å². The van der Waals surface area contributed by atoms with Crippen LogP contribution in [0.1, 0.15) is 47.2 Å². The van der Waals surface area contributed by atoms with Crippen LogP contribution in [0.5, 0.6) is 0 Å². The van der Waals surface area contributed by atoms with E-state index in [-0.39, 0.29) is 10.8 Å². The zero-order valence-electron chi connectivity index (χ0n) is 30.9. The van der Waals surface area contributed by atoms with Crippen molar-refractivity contribution < 1.29 is 0 Å². The number of para-hydroxylation sites is 1. The summed E-state index contributed by atoms with van der Waals surface area (Å²) in [6.45, 7) is 4.61. The molecular weight excluding hydrogens is 651 g/mol. The van der Waals surface area contributed by atoms with Crippen molar-refractivity contribution in [2.24, 2.45) is 0 Å². The van der Waals surface area contributed by atoms with Crippen LogP contribution in [0.15, 0.2) is 194 Å². The van der Waals surface area contributed by atoms with Crippen molar-refractivity contribution in [1.82, 2.24) is 0 Å². The van der Waals surface area contributed by atoms with Crippen molar-refractivity contribution in [3.05, 3.63) is 228 Å². The standard InChI is InChI=1S/C38H27N.C15H14/c1-39(37-22-12-8-15-28(37)26-13-3-2-4-14-26)27-23-24-32-31-18-7-11-21-35(31)38(36(32)25-27)33-19-9-5-16-29(33)30-17-6-10-20-34(30)38;1-15(2)13-9-5-3-7-11(13)12-8-4-6-10-14(12)15/h2-25H,1H3;3-10H,1-2H3. The molecule has 0 radical (unpaired) electrons. The van der Waals surface area contributed by atoms with E-state index in [4.69, 9.17) is 0 Å². The Labute approximate surface area is 318 Å². The third kappa shape index (κ3) is 4.58. The molecule has 3 aliphatic carbocycles. The molecule has 0 fully saturated rings. The molecule has 0 amide bonds. The van der Waals surface area contributed by atoms with E-state index in [1.54, 1.807) is 0 Å². The quantitative estimate of drug-likeness (QED) is 0.178. The maximum atomic E-state index is 2.44. The van der Waals surface area contributed by atoms with Gasteiger partial charge in [0.25, 0.3) is 0 Å². The molecule has 0 heterocycles. The Bertz CT molecular complexity index is 2610. The molecule has 0 unspecified atom stereocenters. The summed E-state index contributed by atoms with van der Waals surface area (Å²) in [6.07, 6.45) is 0. The molecule has 54 heavy (non-hydrogen) atoms. The smallest absolute Gasteiger partial charge is 0.0726 e. The van der Waals surface area contributed by atoms with E-state index in [1.807, 2.05) is 0 Å². The minimum absolute atomic E-state index is 0.160. The summed E-state index contributed by atoms with van der Waals surface area (Å²) in [6, 6.07) is 70.8. The lowest BCUT2D eigenvalue weighted by atomic mass is 9.70. The number of benzene rings is 8. The van der Waals surface area contributed by atoms with Gasteiger partial charge < -0.3 is 4.90 Å². The molecule has 11 rings (SSSR count). The second-order valence-corrected chi connectivity index (χ2v) is 15.3. The highest BCUT2D eigenvalue weighted by Gasteiger charge is 2.51. The normalized spacial score (nSPS) is 14.1. The highest BCUT2D eigenvalue weighted by atomic mass is 15.1. The summed E-state index contributed by atoms with van der Waals surface area (Å²) in [5.41, 5.74) is 21.2. The van der Waals surface area contributed by atoms with Crippen LogP contribution in [-0.4, -0.2) is 7.05 Å². The Kier molecular flexibility index (Phi) is 7.35. The van der Waals surface area contributed by atoms with Gasteiger partial charge in [0.1, 0.15) is 0 Å². The molecule has 258 valence electrons. The number of nitrogens with zero attached hydrogens (tertiary/aromatic N) is 1. The topological polar surface area (TPSA) is 3.24 Å². The predicted molar refractivity (Wildman–Crippen MR) is 227 cm³/mol. The van der Waals surface area contributed by atoms with Gasteiger partial charge in [-0.25, -0.2) is 0 Å². The van der Waals surface area contributed by atoms with Gasteiger partial charge >= 0.3 is 0 Å². The maximum Gasteiger partial charge on any atom is 0.0726 e. The molecule has 0 atom stereocenters. The molecule has 0 N–H and O–H groups in total. The van der Waals surface area contributed by atoms with E-state index >= 15 is 0 Å². The lowest BCUT2D eigenvalue weighted by Crippen LogP contribution is -2.26. The van der Waals surface area contributed by atoms with Crippen molar-refractivity contribution in [2.45, 2.75) is 24.7 Å². The fraction of sp³-hybridized carbons (Fsp3) is 0.0943. The van der Waals surface area contributed by atoms with Crippen LogP contribution >= 0.6 is 0 Å². The maximum absolute atomic E-state index is 2.44. The molecule has 0 aromatic heterocycles. The number of hydrogen-bond donors (Lipinski definition) is 0. The predicted octanol–water partition coefficient (Wildman–Crippen LogP) is 13.5. The molecule has 1 heteroatoms. The second kappa shape index (κ2) is 12.3. The zero-order chi connectivity index (χ0) is 36.4. The SMILES string of the molecule is CC1(C)c2ccccc2-c2ccccc21.CN(c1ccc2c(c1)C1(c3ccccc3-c3ccccc31)c1ccccc1-2)c1ccccc1-c1ccccc1. The Balaban J connectivity index is 0.000000201. The van der Waals surface area contributed by atoms with Gasteiger partial charge in [0, 0.05) is 29.4 Å². The van der Waals surface area contributed by atoms with E-state index in [9.17, 15) is 0 Å². The summed E-state index contributed by atoms with van der Waals surface area (Å²) >= 11 is 0. The van der Waals surface area contributed by atoms with Crippen LogP contribution in [0, 0.1) is 0 Å². The van der Waals surface area contributed by atoms with E-state index in [0.717, 1.165) is 0 Å². The van der Waals surface area contributed by atoms with Gasteiger partial charge in [-0.1, -0.05) is 190 Å². The van der Waals surface area contributed by atoms with Crippen LogP contribution in [0.4, 0.5) is 11.4 Å². The van der Waals surface area contributed by atoms with Crippen LogP contribution in [0.25, 0.3) is 44.5 Å². The van der Waals surface area contributed by atoms with Crippen molar-refractivity contribution in [2.75, 3.05) is 11.9 Å². The third-order valence-corrected chi connectivity index (χ3v) is 12.2. The van der Waals surface area contributed by atoms with E-state index in [1.165, 1.54) is 89.3 Å². The van der Waals surface area contributed by atoms with E-state index in [2.05, 4.69) is 220 Å². The lowest BCUT2D eigenvalue weighted by molar-refractivity contribution is 0.660. The summed E-state index contributed by atoms with van der Waals surface area (Å²) < 4.78 is 0. The van der Waals surface area contributed by atoms with Crippen LogP contribution in [0.2, 0.25) is 0 Å². The van der Waals surface area contributed by atoms with E-state index in [0.29, 0.717) is 0 Å². The van der Waals surface area contributed by atoms with Gasteiger partial charge in [0.2, 0.25) is 0 Å². The lowest BCUT2D eigenvalue weighted by Gasteiger charge is -2.31. The van der Waals surface area contributed by atoms with Crippen molar-refractivity contribution in [1.29, 1.82) is 0 Å². The molecule has 0 aliphatic heterocycles. The van der Waals surface area contributed by atoms with Gasteiger partial charge in [0.05, 0.1) is 5.41 Å². The minimum Gasteiger partial charge on any atom is -0.344 e. The summed E-state index contributed by atoms with van der Waals surface area (Å²) in [7, 11) is 2.19. The molecular formula is C53H41N. The van der Waals surface area contributed by atoms with Crippen LogP contribution in [0.3, 0.4) is 0 Å². The van der Waals surface area contributed by atoms with Crippen molar-refractivity contribution in [3.63, 3.8) is 0 Å². The molecule has 1 spiro atoms. The molecule has 0 bridgehead atoms. The molecule has 3 aliphatic rings. The average molecular weight is 692 g/mol. The zero-order valence-corrected chi connectivity index (χ0v) is 30.9. The first-order valence-electron chi connectivity index (χ1n) is 19.0.